The van der Waals surface area contributed by atoms with E-state index in [9.17, 15) is 10.1 Å². The van der Waals surface area contributed by atoms with E-state index in [-0.39, 0.29) is 10.6 Å². The van der Waals surface area contributed by atoms with Gasteiger partial charge < -0.3 is 10.2 Å². The third-order valence-corrected chi connectivity index (χ3v) is 3.65. The number of nitro groups is 1. The molecule has 2 saturated heterocycles. The lowest BCUT2D eigenvalue weighted by Crippen LogP contribution is -2.26. The van der Waals surface area contributed by atoms with Gasteiger partial charge in [0, 0.05) is 38.4 Å². The van der Waals surface area contributed by atoms with Crippen molar-refractivity contribution >= 4 is 11.5 Å². The van der Waals surface area contributed by atoms with E-state index < -0.39 is 0 Å². The summed E-state index contributed by atoms with van der Waals surface area (Å²) in [5.74, 6) is 1.74. The average Bonchev–Trinajstić information content (AvgIpc) is 2.88. The van der Waals surface area contributed by atoms with Crippen LogP contribution in [0, 0.1) is 22.0 Å². The Morgan fingerprint density at radius 2 is 2.12 bits per heavy atom. The summed E-state index contributed by atoms with van der Waals surface area (Å²) in [7, 11) is 0. The molecule has 2 aliphatic heterocycles. The Hall–Kier alpha value is -1.69. The molecule has 3 heterocycles. The third kappa shape index (κ3) is 1.74. The number of nitrogens with one attached hydrogen (secondary N) is 1. The molecule has 3 rings (SSSR count). The Balaban J connectivity index is 1.88. The Bertz CT molecular complexity index is 439. The highest BCUT2D eigenvalue weighted by molar-refractivity contribution is 5.58. The maximum Gasteiger partial charge on any atom is 0.311 e. The number of pyridine rings is 1. The van der Waals surface area contributed by atoms with Gasteiger partial charge in [0.05, 0.1) is 4.92 Å². The SMILES string of the molecule is O=[N+]([O-])c1cccnc1N1C[C@H]2CNC[C@H]2C1. The van der Waals surface area contributed by atoms with E-state index >= 15 is 0 Å². The second-order valence-corrected chi connectivity index (χ2v) is 4.69. The van der Waals surface area contributed by atoms with Gasteiger partial charge in [-0.15, -0.1) is 0 Å². The summed E-state index contributed by atoms with van der Waals surface area (Å²) in [5, 5.41) is 14.3. The van der Waals surface area contributed by atoms with Crippen LogP contribution < -0.4 is 10.2 Å². The molecule has 1 aromatic rings. The molecule has 1 N–H and O–H groups in total. The molecule has 6 nitrogen and oxygen atoms in total. The summed E-state index contributed by atoms with van der Waals surface area (Å²) < 4.78 is 0. The van der Waals surface area contributed by atoms with Gasteiger partial charge in [0.2, 0.25) is 5.82 Å². The lowest BCUT2D eigenvalue weighted by molar-refractivity contribution is -0.384. The molecule has 0 radical (unpaired) electrons. The fourth-order valence-corrected chi connectivity index (χ4v) is 2.80. The number of fused-ring (bicyclic) bond motifs is 1. The summed E-state index contributed by atoms with van der Waals surface area (Å²) in [5.41, 5.74) is 0.112. The standard InChI is InChI=1S/C11H14N4O2/c16-15(17)10-2-1-3-13-11(10)14-6-8-4-12-5-9(8)7-14/h1-3,8-9,12H,4-7H2/t8-,9+. The van der Waals surface area contributed by atoms with E-state index in [1.807, 2.05) is 4.90 Å². The quantitative estimate of drug-likeness (QED) is 0.600. The Kier molecular flexibility index (Phi) is 2.44. The van der Waals surface area contributed by atoms with Crippen LogP contribution in [0.1, 0.15) is 0 Å². The zero-order valence-electron chi connectivity index (χ0n) is 9.37. The zero-order chi connectivity index (χ0) is 11.8. The first-order chi connectivity index (χ1) is 8.25. The first-order valence-corrected chi connectivity index (χ1v) is 5.81. The van der Waals surface area contributed by atoms with Crippen LogP contribution in [0.3, 0.4) is 0 Å². The molecular formula is C11H14N4O2. The second kappa shape index (κ2) is 3.96. The highest BCUT2D eigenvalue weighted by Gasteiger charge is 2.38. The highest BCUT2D eigenvalue weighted by atomic mass is 16.6. The van der Waals surface area contributed by atoms with Gasteiger partial charge in [0.1, 0.15) is 0 Å². The van der Waals surface area contributed by atoms with Crippen LogP contribution >= 0.6 is 0 Å². The lowest BCUT2D eigenvalue weighted by atomic mass is 10.0. The van der Waals surface area contributed by atoms with Crippen LogP contribution in [-0.4, -0.2) is 36.1 Å². The molecule has 0 aromatic carbocycles. The van der Waals surface area contributed by atoms with Crippen molar-refractivity contribution in [3.63, 3.8) is 0 Å². The second-order valence-electron chi connectivity index (χ2n) is 4.69. The molecule has 0 unspecified atom stereocenters. The highest BCUT2D eigenvalue weighted by Crippen LogP contribution is 2.33. The first kappa shape index (κ1) is 10.5. The topological polar surface area (TPSA) is 71.3 Å². The van der Waals surface area contributed by atoms with Gasteiger partial charge >= 0.3 is 5.69 Å². The Labute approximate surface area is 98.8 Å². The molecule has 1 aromatic heterocycles. The van der Waals surface area contributed by atoms with Crippen molar-refractivity contribution in [1.82, 2.24) is 10.3 Å². The summed E-state index contributed by atoms with van der Waals surface area (Å²) in [4.78, 5) is 16.8. The van der Waals surface area contributed by atoms with Crippen LogP contribution in [0.25, 0.3) is 0 Å². The number of aromatic nitrogens is 1. The molecule has 0 bridgehead atoms. The Morgan fingerprint density at radius 3 is 2.76 bits per heavy atom. The fourth-order valence-electron chi connectivity index (χ4n) is 2.80. The maximum absolute atomic E-state index is 11.0. The van der Waals surface area contributed by atoms with Crippen molar-refractivity contribution < 1.29 is 4.92 Å². The monoisotopic (exact) mass is 234 g/mol. The number of nitrogens with zero attached hydrogens (tertiary/aromatic N) is 3. The summed E-state index contributed by atoms with van der Waals surface area (Å²) in [6.07, 6.45) is 1.62. The first-order valence-electron chi connectivity index (χ1n) is 5.81. The van der Waals surface area contributed by atoms with Gasteiger partial charge in [0.15, 0.2) is 0 Å². The van der Waals surface area contributed by atoms with Gasteiger partial charge in [-0.1, -0.05) is 0 Å². The molecule has 6 heteroatoms. The van der Waals surface area contributed by atoms with Crippen LogP contribution in [0.2, 0.25) is 0 Å². The lowest BCUT2D eigenvalue weighted by Gasteiger charge is -2.17. The van der Waals surface area contributed by atoms with Gasteiger partial charge in [-0.2, -0.15) is 0 Å². The number of hydrogen-bond acceptors (Lipinski definition) is 5. The fraction of sp³-hybridized carbons (Fsp3) is 0.545. The molecule has 17 heavy (non-hydrogen) atoms. The van der Waals surface area contributed by atoms with E-state index in [1.165, 1.54) is 6.07 Å². The van der Waals surface area contributed by atoms with Crippen molar-refractivity contribution in [2.45, 2.75) is 0 Å². The Morgan fingerprint density at radius 1 is 1.41 bits per heavy atom. The molecule has 0 aliphatic carbocycles. The minimum Gasteiger partial charge on any atom is -0.350 e. The van der Waals surface area contributed by atoms with Crippen LogP contribution in [0.5, 0.6) is 0 Å². The predicted octanol–water partition coefficient (Wildman–Crippen LogP) is 0.645. The van der Waals surface area contributed by atoms with Crippen LogP contribution in [0.4, 0.5) is 11.5 Å². The zero-order valence-corrected chi connectivity index (χ0v) is 9.37. The minimum atomic E-state index is -0.352. The molecular weight excluding hydrogens is 220 g/mol. The van der Waals surface area contributed by atoms with E-state index in [1.54, 1.807) is 12.3 Å². The van der Waals surface area contributed by atoms with E-state index in [2.05, 4.69) is 10.3 Å². The normalized spacial score (nSPS) is 27.2. The molecule has 2 aliphatic rings. The predicted molar refractivity (Wildman–Crippen MR) is 63.0 cm³/mol. The molecule has 2 atom stereocenters. The number of hydrogen-bond donors (Lipinski definition) is 1. The number of rotatable bonds is 2. The third-order valence-electron chi connectivity index (χ3n) is 3.65. The summed E-state index contributed by atoms with van der Waals surface area (Å²) in [6, 6.07) is 3.13. The van der Waals surface area contributed by atoms with Crippen molar-refractivity contribution in [3.8, 4) is 0 Å². The largest absolute Gasteiger partial charge is 0.350 e. The van der Waals surface area contributed by atoms with E-state index in [4.69, 9.17) is 0 Å². The van der Waals surface area contributed by atoms with E-state index in [0.717, 1.165) is 26.2 Å². The summed E-state index contributed by atoms with van der Waals surface area (Å²) in [6.45, 7) is 3.77. The van der Waals surface area contributed by atoms with E-state index in [0.29, 0.717) is 17.7 Å². The molecule has 90 valence electrons. The smallest absolute Gasteiger partial charge is 0.311 e. The van der Waals surface area contributed by atoms with Gasteiger partial charge in [-0.05, 0) is 17.9 Å². The van der Waals surface area contributed by atoms with Crippen molar-refractivity contribution in [3.05, 3.63) is 28.4 Å². The number of anilines is 1. The molecule has 0 saturated carbocycles. The van der Waals surface area contributed by atoms with Crippen molar-refractivity contribution in [2.75, 3.05) is 31.1 Å². The van der Waals surface area contributed by atoms with Crippen LogP contribution in [0.15, 0.2) is 18.3 Å². The maximum atomic E-state index is 11.0. The van der Waals surface area contributed by atoms with Crippen molar-refractivity contribution in [1.29, 1.82) is 0 Å². The van der Waals surface area contributed by atoms with Gasteiger partial charge in [-0.3, -0.25) is 10.1 Å². The average molecular weight is 234 g/mol. The van der Waals surface area contributed by atoms with Crippen molar-refractivity contribution in [2.24, 2.45) is 11.8 Å². The van der Waals surface area contributed by atoms with Gasteiger partial charge in [-0.25, -0.2) is 4.98 Å². The molecule has 2 fully saturated rings. The molecule has 0 spiro atoms. The summed E-state index contributed by atoms with van der Waals surface area (Å²) >= 11 is 0. The minimum absolute atomic E-state index is 0.112. The molecule has 0 amide bonds. The van der Waals surface area contributed by atoms with Gasteiger partial charge in [0.25, 0.3) is 0 Å². The van der Waals surface area contributed by atoms with Crippen LogP contribution in [-0.2, 0) is 0 Å².